The molecule has 0 spiro atoms. The normalized spacial score (nSPS) is 10.3. The van der Waals surface area contributed by atoms with Crippen LogP contribution < -0.4 is 0 Å². The Balaban J connectivity index is 2.69. The summed E-state index contributed by atoms with van der Waals surface area (Å²) < 4.78 is 12.8. The van der Waals surface area contributed by atoms with Gasteiger partial charge in [0.15, 0.2) is 0 Å². The van der Waals surface area contributed by atoms with Gasteiger partial charge in [-0.1, -0.05) is 11.6 Å². The molecule has 0 bridgehead atoms. The fourth-order valence-electron chi connectivity index (χ4n) is 1.21. The van der Waals surface area contributed by atoms with E-state index in [1.807, 2.05) is 0 Å². The average Bonchev–Trinajstić information content (AvgIpc) is 2.13. The number of aryl methyl sites for hydroxylation is 1. The van der Waals surface area contributed by atoms with Gasteiger partial charge in [-0.25, -0.2) is 4.39 Å². The number of phenols is 1. The van der Waals surface area contributed by atoms with E-state index in [9.17, 15) is 14.3 Å². The highest BCUT2D eigenvalue weighted by Gasteiger charge is 2.08. The Morgan fingerprint density at radius 3 is 2.73 bits per heavy atom. The number of aliphatic carboxylic acids is 1. The molecular weight excluding hydrogens is 223 g/mol. The van der Waals surface area contributed by atoms with Gasteiger partial charge in [0.05, 0.1) is 5.02 Å². The van der Waals surface area contributed by atoms with Crippen molar-refractivity contribution >= 4 is 17.6 Å². The lowest BCUT2D eigenvalue weighted by Gasteiger charge is -2.04. The first-order valence-electron chi connectivity index (χ1n) is 4.39. The van der Waals surface area contributed by atoms with Crippen molar-refractivity contribution in [2.75, 3.05) is 0 Å². The maximum absolute atomic E-state index is 12.8. The third-order valence-electron chi connectivity index (χ3n) is 1.96. The standard InChI is InChI=1S/C10H10ClFO3/c11-7-4-6(2-1-3-10(14)15)9(13)5-8(7)12/h4-5,13H,1-3H2,(H,14,15). The van der Waals surface area contributed by atoms with E-state index in [4.69, 9.17) is 16.7 Å². The summed E-state index contributed by atoms with van der Waals surface area (Å²) in [4.78, 5) is 10.2. The van der Waals surface area contributed by atoms with Crippen LogP contribution in [0.4, 0.5) is 4.39 Å². The number of rotatable bonds is 4. The number of hydrogen-bond acceptors (Lipinski definition) is 2. The Labute approximate surface area is 91.1 Å². The highest BCUT2D eigenvalue weighted by molar-refractivity contribution is 6.30. The zero-order chi connectivity index (χ0) is 11.4. The van der Waals surface area contributed by atoms with Crippen molar-refractivity contribution in [1.29, 1.82) is 0 Å². The second-order valence-corrected chi connectivity index (χ2v) is 3.55. The molecule has 1 aromatic rings. The summed E-state index contributed by atoms with van der Waals surface area (Å²) in [5.74, 6) is -1.78. The minimum atomic E-state index is -0.900. The maximum Gasteiger partial charge on any atom is 0.303 e. The van der Waals surface area contributed by atoms with Crippen molar-refractivity contribution in [3.63, 3.8) is 0 Å². The van der Waals surface area contributed by atoms with Crippen LogP contribution in [0.2, 0.25) is 5.02 Å². The fraction of sp³-hybridized carbons (Fsp3) is 0.300. The summed E-state index contributed by atoms with van der Waals surface area (Å²) in [6.07, 6.45) is 0.747. The predicted octanol–water partition coefficient (Wildman–Crippen LogP) is 2.59. The van der Waals surface area contributed by atoms with Gasteiger partial charge < -0.3 is 10.2 Å². The van der Waals surface area contributed by atoms with Gasteiger partial charge in [0, 0.05) is 12.5 Å². The lowest BCUT2D eigenvalue weighted by atomic mass is 10.1. The van der Waals surface area contributed by atoms with Crippen molar-refractivity contribution in [1.82, 2.24) is 0 Å². The maximum atomic E-state index is 12.8. The van der Waals surface area contributed by atoms with Gasteiger partial charge in [0.2, 0.25) is 0 Å². The Morgan fingerprint density at radius 1 is 1.47 bits per heavy atom. The summed E-state index contributed by atoms with van der Waals surface area (Å²) in [6.45, 7) is 0. The van der Waals surface area contributed by atoms with Gasteiger partial charge in [-0.3, -0.25) is 4.79 Å². The molecule has 0 atom stereocenters. The van der Waals surface area contributed by atoms with Gasteiger partial charge in [-0.05, 0) is 24.5 Å². The molecule has 0 fully saturated rings. The van der Waals surface area contributed by atoms with Crippen LogP contribution in [-0.2, 0) is 11.2 Å². The third-order valence-corrected chi connectivity index (χ3v) is 2.25. The Bertz CT molecular complexity index is 379. The van der Waals surface area contributed by atoms with Crippen LogP contribution >= 0.6 is 11.6 Å². The molecule has 1 aromatic carbocycles. The van der Waals surface area contributed by atoms with Gasteiger partial charge in [-0.15, -0.1) is 0 Å². The molecule has 0 radical (unpaired) electrons. The van der Waals surface area contributed by atoms with Gasteiger partial charge >= 0.3 is 5.97 Å². The summed E-state index contributed by atoms with van der Waals surface area (Å²) in [6, 6.07) is 2.24. The smallest absolute Gasteiger partial charge is 0.303 e. The van der Waals surface area contributed by atoms with Crippen LogP contribution in [0.15, 0.2) is 12.1 Å². The van der Waals surface area contributed by atoms with Crippen LogP contribution in [0.3, 0.4) is 0 Å². The van der Waals surface area contributed by atoms with Crippen LogP contribution in [0.25, 0.3) is 0 Å². The van der Waals surface area contributed by atoms with Crippen molar-refractivity contribution < 1.29 is 19.4 Å². The first-order valence-corrected chi connectivity index (χ1v) is 4.77. The molecule has 15 heavy (non-hydrogen) atoms. The molecule has 0 aliphatic carbocycles. The topological polar surface area (TPSA) is 57.5 Å². The Morgan fingerprint density at radius 2 is 2.13 bits per heavy atom. The monoisotopic (exact) mass is 232 g/mol. The molecule has 0 unspecified atom stereocenters. The SMILES string of the molecule is O=C(O)CCCc1cc(Cl)c(F)cc1O. The molecular formula is C10H10ClFO3. The van der Waals surface area contributed by atoms with Crippen LogP contribution in [-0.4, -0.2) is 16.2 Å². The number of benzene rings is 1. The molecule has 5 heteroatoms. The lowest BCUT2D eigenvalue weighted by molar-refractivity contribution is -0.137. The van der Waals surface area contributed by atoms with Crippen LogP contribution in [0.1, 0.15) is 18.4 Å². The number of carbonyl (C=O) groups is 1. The zero-order valence-electron chi connectivity index (χ0n) is 7.83. The van der Waals surface area contributed by atoms with E-state index in [2.05, 4.69) is 0 Å². The highest BCUT2D eigenvalue weighted by Crippen LogP contribution is 2.26. The first-order chi connectivity index (χ1) is 7.00. The van der Waals surface area contributed by atoms with E-state index in [0.29, 0.717) is 18.4 Å². The highest BCUT2D eigenvalue weighted by atomic mass is 35.5. The van der Waals surface area contributed by atoms with E-state index >= 15 is 0 Å². The molecule has 0 amide bonds. The predicted molar refractivity (Wildman–Crippen MR) is 53.6 cm³/mol. The van der Waals surface area contributed by atoms with E-state index < -0.39 is 11.8 Å². The number of halogens is 2. The lowest BCUT2D eigenvalue weighted by Crippen LogP contribution is -1.96. The number of hydrogen-bond donors (Lipinski definition) is 2. The van der Waals surface area contributed by atoms with Gasteiger partial charge in [-0.2, -0.15) is 0 Å². The second kappa shape index (κ2) is 4.98. The minimum Gasteiger partial charge on any atom is -0.508 e. The number of phenolic OH excluding ortho intramolecular Hbond substituents is 1. The summed E-state index contributed by atoms with van der Waals surface area (Å²) in [7, 11) is 0. The second-order valence-electron chi connectivity index (χ2n) is 3.14. The van der Waals surface area contributed by atoms with Gasteiger partial charge in [0.25, 0.3) is 0 Å². The summed E-state index contributed by atoms with van der Waals surface area (Å²) in [5, 5.41) is 17.7. The Hall–Kier alpha value is -1.29. The third kappa shape index (κ3) is 3.40. The molecule has 1 rings (SSSR count). The molecule has 0 aliphatic rings. The number of carboxylic acid groups (broad SMARTS) is 1. The fourth-order valence-corrected chi connectivity index (χ4v) is 1.39. The first kappa shape index (κ1) is 11.8. The van der Waals surface area contributed by atoms with Crippen molar-refractivity contribution in [3.05, 3.63) is 28.5 Å². The van der Waals surface area contributed by atoms with Gasteiger partial charge in [0.1, 0.15) is 11.6 Å². The quantitative estimate of drug-likeness (QED) is 0.839. The molecule has 82 valence electrons. The van der Waals surface area contributed by atoms with Crippen LogP contribution in [0.5, 0.6) is 5.75 Å². The summed E-state index contributed by atoms with van der Waals surface area (Å²) in [5.41, 5.74) is 0.461. The molecule has 2 N–H and O–H groups in total. The molecule has 3 nitrogen and oxygen atoms in total. The Kier molecular flexibility index (Phi) is 3.91. The van der Waals surface area contributed by atoms with E-state index in [0.717, 1.165) is 6.07 Å². The molecule has 0 heterocycles. The molecule has 0 aliphatic heterocycles. The summed E-state index contributed by atoms with van der Waals surface area (Å²) >= 11 is 5.52. The van der Waals surface area contributed by atoms with Crippen LogP contribution in [0, 0.1) is 5.82 Å². The van der Waals surface area contributed by atoms with E-state index in [1.165, 1.54) is 6.07 Å². The molecule has 0 saturated carbocycles. The van der Waals surface area contributed by atoms with E-state index in [1.54, 1.807) is 0 Å². The van der Waals surface area contributed by atoms with E-state index in [-0.39, 0.29) is 17.2 Å². The molecule has 0 saturated heterocycles. The number of carboxylic acids is 1. The number of aromatic hydroxyl groups is 1. The zero-order valence-corrected chi connectivity index (χ0v) is 8.59. The average molecular weight is 233 g/mol. The van der Waals surface area contributed by atoms with Crippen molar-refractivity contribution in [2.45, 2.75) is 19.3 Å². The molecule has 0 aromatic heterocycles. The largest absolute Gasteiger partial charge is 0.508 e. The van der Waals surface area contributed by atoms with Crippen molar-refractivity contribution in [3.8, 4) is 5.75 Å². The van der Waals surface area contributed by atoms with Crippen molar-refractivity contribution in [2.24, 2.45) is 0 Å². The minimum absolute atomic E-state index is 0.00837.